The molecule has 0 amide bonds. The first kappa shape index (κ1) is 17.9. The van der Waals surface area contributed by atoms with Crippen LogP contribution in [-0.4, -0.2) is 26.3 Å². The van der Waals surface area contributed by atoms with Gasteiger partial charge in [-0.25, -0.2) is 9.78 Å². The van der Waals surface area contributed by atoms with E-state index >= 15 is 0 Å². The predicted octanol–water partition coefficient (Wildman–Crippen LogP) is 4.11. The lowest BCUT2D eigenvalue weighted by Gasteiger charge is -2.02. The molecule has 0 radical (unpaired) electrons. The van der Waals surface area contributed by atoms with E-state index in [0.29, 0.717) is 17.0 Å². The van der Waals surface area contributed by atoms with Crippen molar-refractivity contribution < 1.29 is 18.5 Å². The van der Waals surface area contributed by atoms with E-state index in [1.807, 2.05) is 30.3 Å². The molecule has 140 valence electrons. The minimum atomic E-state index is -0.635. The highest BCUT2D eigenvalue weighted by Gasteiger charge is 2.22. The molecule has 3 heterocycles. The Morgan fingerprint density at radius 2 is 1.96 bits per heavy atom. The van der Waals surface area contributed by atoms with Crippen LogP contribution in [-0.2, 0) is 11.3 Å². The third kappa shape index (κ3) is 3.49. The molecule has 0 unspecified atom stereocenters. The van der Waals surface area contributed by atoms with Gasteiger partial charge in [0.25, 0.3) is 11.8 Å². The zero-order valence-electron chi connectivity index (χ0n) is 14.6. The second-order valence-electron chi connectivity index (χ2n) is 5.75. The van der Waals surface area contributed by atoms with Crippen LogP contribution >= 0.6 is 11.6 Å². The largest absolute Gasteiger partial charge is 0.452 e. The van der Waals surface area contributed by atoms with Crippen LogP contribution in [0.25, 0.3) is 22.7 Å². The second kappa shape index (κ2) is 7.61. The van der Waals surface area contributed by atoms with Crippen LogP contribution in [0.3, 0.4) is 0 Å². The molecule has 4 rings (SSSR count). The number of carbonyl (C=O) groups excluding carboxylic acids is 1. The fourth-order valence-electron chi connectivity index (χ4n) is 2.57. The summed E-state index contributed by atoms with van der Waals surface area (Å²) in [7, 11) is 0. The Morgan fingerprint density at radius 3 is 2.75 bits per heavy atom. The van der Waals surface area contributed by atoms with Crippen molar-refractivity contribution in [1.29, 1.82) is 0 Å². The van der Waals surface area contributed by atoms with E-state index in [1.54, 1.807) is 13.0 Å². The smallest absolute Gasteiger partial charge is 0.341 e. The number of pyridine rings is 1. The fourth-order valence-corrected chi connectivity index (χ4v) is 2.77. The summed E-state index contributed by atoms with van der Waals surface area (Å²) in [6.07, 6.45) is 1.48. The van der Waals surface area contributed by atoms with Gasteiger partial charge in [-0.1, -0.05) is 47.1 Å². The normalized spacial score (nSPS) is 10.8. The maximum Gasteiger partial charge on any atom is 0.341 e. The van der Waals surface area contributed by atoms with Gasteiger partial charge in [-0.2, -0.15) is 0 Å². The molecular weight excluding hydrogens is 384 g/mol. The number of aryl methyl sites for hydroxylation is 1. The van der Waals surface area contributed by atoms with Crippen molar-refractivity contribution in [2.75, 3.05) is 0 Å². The van der Waals surface area contributed by atoms with E-state index in [0.717, 1.165) is 5.56 Å². The first-order valence-corrected chi connectivity index (χ1v) is 8.63. The van der Waals surface area contributed by atoms with Crippen LogP contribution < -0.4 is 0 Å². The van der Waals surface area contributed by atoms with Gasteiger partial charge in [0.1, 0.15) is 22.2 Å². The van der Waals surface area contributed by atoms with Crippen LogP contribution in [0, 0.1) is 6.92 Å². The van der Waals surface area contributed by atoms with Crippen LogP contribution in [0.1, 0.15) is 22.0 Å². The van der Waals surface area contributed by atoms with Gasteiger partial charge in [0.15, 0.2) is 6.61 Å². The van der Waals surface area contributed by atoms with Crippen LogP contribution in [0.5, 0.6) is 0 Å². The van der Waals surface area contributed by atoms with Gasteiger partial charge in [-0.15, -0.1) is 10.2 Å². The number of ether oxygens (including phenoxy) is 1. The third-order valence-corrected chi connectivity index (χ3v) is 4.20. The van der Waals surface area contributed by atoms with Gasteiger partial charge < -0.3 is 13.7 Å². The molecule has 0 saturated carbocycles. The predicted molar refractivity (Wildman–Crippen MR) is 98.3 cm³/mol. The summed E-state index contributed by atoms with van der Waals surface area (Å²) in [5.41, 5.74) is 2.19. The number of carbonyl (C=O) groups is 1. The van der Waals surface area contributed by atoms with Crippen molar-refractivity contribution in [3.63, 3.8) is 0 Å². The number of benzene rings is 1. The Kier molecular flexibility index (Phi) is 4.86. The summed E-state index contributed by atoms with van der Waals surface area (Å²) in [6, 6.07) is 12.6. The van der Waals surface area contributed by atoms with Crippen LogP contribution in [0.4, 0.5) is 0 Å². The summed E-state index contributed by atoms with van der Waals surface area (Å²) < 4.78 is 16.1. The number of hydrogen-bond donors (Lipinski definition) is 0. The highest BCUT2D eigenvalue weighted by atomic mass is 35.5. The molecule has 0 atom stereocenters. The number of rotatable bonds is 5. The molecule has 4 aromatic rings. The van der Waals surface area contributed by atoms with E-state index in [1.165, 1.54) is 12.3 Å². The molecule has 0 aliphatic carbocycles. The number of halogens is 1. The first-order chi connectivity index (χ1) is 13.6. The van der Waals surface area contributed by atoms with Crippen LogP contribution in [0.15, 0.2) is 57.6 Å². The van der Waals surface area contributed by atoms with Gasteiger partial charge >= 0.3 is 5.97 Å². The highest BCUT2D eigenvalue weighted by molar-refractivity contribution is 6.32. The zero-order chi connectivity index (χ0) is 19.5. The Balaban J connectivity index is 1.54. The van der Waals surface area contributed by atoms with Crippen molar-refractivity contribution in [3.8, 4) is 22.7 Å². The Labute approximate surface area is 164 Å². The van der Waals surface area contributed by atoms with Crippen molar-refractivity contribution >= 4 is 17.6 Å². The Morgan fingerprint density at radius 1 is 1.14 bits per heavy atom. The van der Waals surface area contributed by atoms with Gasteiger partial charge in [-0.05, 0) is 19.1 Å². The zero-order valence-corrected chi connectivity index (χ0v) is 15.4. The molecular formula is C19H13ClN4O4. The van der Waals surface area contributed by atoms with Gasteiger partial charge in [-0.3, -0.25) is 0 Å². The number of esters is 1. The monoisotopic (exact) mass is 396 g/mol. The molecule has 0 aliphatic heterocycles. The molecule has 0 fully saturated rings. The lowest BCUT2D eigenvalue weighted by molar-refractivity contribution is 0.0438. The number of nitrogens with zero attached hydrogens (tertiary/aromatic N) is 4. The fraction of sp³-hybridized carbons (Fsp3) is 0.105. The summed E-state index contributed by atoms with van der Waals surface area (Å²) in [6.45, 7) is 1.55. The summed E-state index contributed by atoms with van der Waals surface area (Å²) in [4.78, 5) is 15.9. The van der Waals surface area contributed by atoms with Crippen molar-refractivity contribution in [2.45, 2.75) is 13.5 Å². The van der Waals surface area contributed by atoms with E-state index in [4.69, 9.17) is 25.3 Å². The van der Waals surface area contributed by atoms with E-state index in [2.05, 4.69) is 20.3 Å². The molecule has 0 spiro atoms. The van der Waals surface area contributed by atoms with E-state index in [9.17, 15) is 4.79 Å². The molecule has 0 N–H and O–H groups in total. The molecule has 0 aliphatic rings. The summed E-state index contributed by atoms with van der Waals surface area (Å²) in [5.74, 6) is 0.253. The van der Waals surface area contributed by atoms with E-state index < -0.39 is 5.97 Å². The minimum absolute atomic E-state index is 0.0614. The Hall–Kier alpha value is -3.52. The second-order valence-corrected chi connectivity index (χ2v) is 6.11. The van der Waals surface area contributed by atoms with Gasteiger partial charge in [0, 0.05) is 11.8 Å². The molecule has 0 bridgehead atoms. The first-order valence-electron chi connectivity index (χ1n) is 8.25. The number of hydrogen-bond acceptors (Lipinski definition) is 8. The van der Waals surface area contributed by atoms with Crippen molar-refractivity contribution in [2.24, 2.45) is 0 Å². The van der Waals surface area contributed by atoms with Gasteiger partial charge in [0.05, 0.1) is 5.56 Å². The Bertz CT molecular complexity index is 1120. The third-order valence-electron chi connectivity index (χ3n) is 3.90. The summed E-state index contributed by atoms with van der Waals surface area (Å²) >= 11 is 5.88. The molecule has 8 nitrogen and oxygen atoms in total. The number of aromatic nitrogens is 4. The SMILES string of the molecule is Cc1onc(-c2ccccc2)c1-c1nnc(COC(=O)c2cccnc2Cl)o1. The van der Waals surface area contributed by atoms with E-state index in [-0.39, 0.29) is 29.1 Å². The molecule has 0 saturated heterocycles. The van der Waals surface area contributed by atoms with Crippen molar-refractivity contribution in [3.05, 3.63) is 71.0 Å². The maximum atomic E-state index is 12.1. The topological polar surface area (TPSA) is 104 Å². The molecule has 1 aromatic carbocycles. The average Bonchev–Trinajstić information content (AvgIpc) is 3.33. The molecule has 3 aromatic heterocycles. The summed E-state index contributed by atoms with van der Waals surface area (Å²) in [5, 5.41) is 12.1. The quantitative estimate of drug-likeness (QED) is 0.366. The van der Waals surface area contributed by atoms with Crippen molar-refractivity contribution in [1.82, 2.24) is 20.3 Å². The lowest BCUT2D eigenvalue weighted by atomic mass is 10.1. The minimum Gasteiger partial charge on any atom is -0.452 e. The van der Waals surface area contributed by atoms with Crippen LogP contribution in [0.2, 0.25) is 5.15 Å². The maximum absolute atomic E-state index is 12.1. The standard InChI is InChI=1S/C19H13ClN4O4/c1-11-15(16(24-28-11)12-6-3-2-4-7-12)18-23-22-14(27-18)10-26-19(25)13-8-5-9-21-17(13)20/h2-9H,10H2,1H3. The molecule has 28 heavy (non-hydrogen) atoms. The lowest BCUT2D eigenvalue weighted by Crippen LogP contribution is -2.06. The average molecular weight is 397 g/mol. The van der Waals surface area contributed by atoms with Gasteiger partial charge in [0.2, 0.25) is 0 Å². The highest BCUT2D eigenvalue weighted by Crippen LogP contribution is 2.33. The molecule has 9 heteroatoms.